The summed E-state index contributed by atoms with van der Waals surface area (Å²) < 4.78 is 12.6. The van der Waals surface area contributed by atoms with Crippen molar-refractivity contribution in [3.8, 4) is 5.82 Å². The zero-order valence-corrected chi connectivity index (χ0v) is 17.7. The number of hydrogen-bond donors (Lipinski definition) is 1. The van der Waals surface area contributed by atoms with Gasteiger partial charge in [-0.3, -0.25) is 9.59 Å². The number of fused-ring (bicyclic) bond motifs is 1. The van der Waals surface area contributed by atoms with Gasteiger partial charge in [-0.15, -0.1) is 0 Å². The van der Waals surface area contributed by atoms with Crippen LogP contribution in [-0.2, 0) is 15.9 Å². The van der Waals surface area contributed by atoms with E-state index >= 15 is 0 Å². The summed E-state index contributed by atoms with van der Waals surface area (Å²) in [5.41, 5.74) is 2.63. The number of nitrogens with one attached hydrogen (secondary N) is 1. The maximum absolute atomic E-state index is 13.0. The molecule has 8 heteroatoms. The highest BCUT2D eigenvalue weighted by atomic mass is 16.5. The van der Waals surface area contributed by atoms with Crippen LogP contribution in [0.15, 0.2) is 18.3 Å². The lowest BCUT2D eigenvalue weighted by Crippen LogP contribution is -2.28. The second kappa shape index (κ2) is 8.28. The lowest BCUT2D eigenvalue weighted by atomic mass is 9.75. The third-order valence-corrected chi connectivity index (χ3v) is 5.63. The molecule has 1 aliphatic heterocycles. The smallest absolute Gasteiger partial charge is 0.252 e. The minimum Gasteiger partial charge on any atom is -0.383 e. The Labute approximate surface area is 176 Å². The molecule has 2 aliphatic rings. The number of carbonyl (C=O) groups excluding carboxylic acids is 2. The van der Waals surface area contributed by atoms with Crippen LogP contribution in [0.4, 0.5) is 0 Å². The first-order valence-corrected chi connectivity index (χ1v) is 10.4. The molecule has 8 nitrogen and oxygen atoms in total. The molecule has 2 aromatic heterocycles. The normalized spacial score (nSPS) is 20.2. The van der Waals surface area contributed by atoms with E-state index in [1.807, 2.05) is 0 Å². The number of pyridine rings is 1. The van der Waals surface area contributed by atoms with Crippen molar-refractivity contribution >= 4 is 11.7 Å². The van der Waals surface area contributed by atoms with Crippen LogP contribution in [-0.4, -0.2) is 53.3 Å². The third-order valence-electron chi connectivity index (χ3n) is 5.63. The quantitative estimate of drug-likeness (QED) is 0.733. The first kappa shape index (κ1) is 20.7. The van der Waals surface area contributed by atoms with Crippen molar-refractivity contribution in [1.82, 2.24) is 20.1 Å². The monoisotopic (exact) mass is 412 g/mol. The van der Waals surface area contributed by atoms with Gasteiger partial charge in [-0.2, -0.15) is 5.10 Å². The average Bonchev–Trinajstić information content (AvgIpc) is 3.35. The van der Waals surface area contributed by atoms with E-state index in [1.54, 1.807) is 23.9 Å². The number of aromatic nitrogens is 3. The van der Waals surface area contributed by atoms with E-state index < -0.39 is 0 Å². The molecule has 1 aliphatic carbocycles. The summed E-state index contributed by atoms with van der Waals surface area (Å²) in [5.74, 6) is 0.506. The lowest BCUT2D eigenvalue weighted by molar-refractivity contribution is 0.0884. The molecule has 160 valence electrons. The van der Waals surface area contributed by atoms with Crippen LogP contribution in [0.25, 0.3) is 5.82 Å². The van der Waals surface area contributed by atoms with Gasteiger partial charge in [-0.1, -0.05) is 13.8 Å². The maximum Gasteiger partial charge on any atom is 0.252 e. The summed E-state index contributed by atoms with van der Waals surface area (Å²) >= 11 is 0. The van der Waals surface area contributed by atoms with Gasteiger partial charge in [0.25, 0.3) is 5.91 Å². The second-order valence-electron chi connectivity index (χ2n) is 8.72. The fourth-order valence-electron chi connectivity index (χ4n) is 4.20. The third kappa shape index (κ3) is 4.02. The lowest BCUT2D eigenvalue weighted by Gasteiger charge is -2.29. The van der Waals surface area contributed by atoms with Crippen molar-refractivity contribution in [2.45, 2.75) is 45.6 Å². The average molecular weight is 412 g/mol. The van der Waals surface area contributed by atoms with Crippen LogP contribution in [0.1, 0.15) is 71.3 Å². The topological polar surface area (TPSA) is 95.3 Å². The Hall–Kier alpha value is -2.58. The minimum absolute atomic E-state index is 0.118. The van der Waals surface area contributed by atoms with Crippen molar-refractivity contribution in [3.63, 3.8) is 0 Å². The number of ether oxygens (including phenoxy) is 2. The zero-order chi connectivity index (χ0) is 21.3. The molecule has 1 N–H and O–H groups in total. The highest BCUT2D eigenvalue weighted by Crippen LogP contribution is 2.40. The van der Waals surface area contributed by atoms with Gasteiger partial charge in [0.15, 0.2) is 11.6 Å². The summed E-state index contributed by atoms with van der Waals surface area (Å²) in [7, 11) is 1.59. The number of carbonyl (C=O) groups is 2. The number of rotatable bonds is 6. The number of hydrogen-bond acceptors (Lipinski definition) is 6. The minimum atomic E-state index is -0.204. The number of amides is 1. The molecular formula is C22H28N4O4. The van der Waals surface area contributed by atoms with Gasteiger partial charge in [0, 0.05) is 32.9 Å². The highest BCUT2D eigenvalue weighted by molar-refractivity contribution is 6.00. The van der Waals surface area contributed by atoms with Crippen molar-refractivity contribution in [1.29, 1.82) is 0 Å². The summed E-state index contributed by atoms with van der Waals surface area (Å²) in [5, 5.41) is 7.57. The summed E-state index contributed by atoms with van der Waals surface area (Å²) in [6.45, 7) is 5.77. The Morgan fingerprint density at radius 2 is 2.20 bits per heavy atom. The largest absolute Gasteiger partial charge is 0.383 e. The predicted molar refractivity (Wildman–Crippen MR) is 110 cm³/mol. The molecule has 1 saturated heterocycles. The van der Waals surface area contributed by atoms with Crippen molar-refractivity contribution in [3.05, 3.63) is 40.8 Å². The fraction of sp³-hybridized carbons (Fsp3) is 0.545. The van der Waals surface area contributed by atoms with Gasteiger partial charge in [0.05, 0.1) is 23.4 Å². The Balaban J connectivity index is 1.68. The van der Waals surface area contributed by atoms with Gasteiger partial charge >= 0.3 is 0 Å². The first-order chi connectivity index (χ1) is 14.4. The van der Waals surface area contributed by atoms with Gasteiger partial charge in [0.2, 0.25) is 0 Å². The van der Waals surface area contributed by atoms with E-state index in [0.717, 1.165) is 30.7 Å². The Morgan fingerprint density at radius 1 is 1.37 bits per heavy atom. The van der Waals surface area contributed by atoms with Crippen LogP contribution in [0.2, 0.25) is 0 Å². The molecule has 0 spiro atoms. The predicted octanol–water partition coefficient (Wildman–Crippen LogP) is 2.65. The molecule has 0 aromatic carbocycles. The Bertz CT molecular complexity index is 943. The Morgan fingerprint density at radius 3 is 2.87 bits per heavy atom. The van der Waals surface area contributed by atoms with E-state index in [9.17, 15) is 9.59 Å². The van der Waals surface area contributed by atoms with E-state index in [2.05, 4.69) is 24.1 Å². The van der Waals surface area contributed by atoms with E-state index in [-0.39, 0.29) is 23.2 Å². The molecule has 30 heavy (non-hydrogen) atoms. The van der Waals surface area contributed by atoms with E-state index in [0.29, 0.717) is 43.1 Å². The number of nitrogens with zero attached hydrogens (tertiary/aromatic N) is 3. The second-order valence-corrected chi connectivity index (χ2v) is 8.72. The molecule has 0 saturated carbocycles. The van der Waals surface area contributed by atoms with Crippen LogP contribution in [0.5, 0.6) is 0 Å². The van der Waals surface area contributed by atoms with Crippen molar-refractivity contribution in [2.24, 2.45) is 5.41 Å². The van der Waals surface area contributed by atoms with Crippen molar-refractivity contribution < 1.29 is 19.1 Å². The van der Waals surface area contributed by atoms with Gasteiger partial charge in [-0.25, -0.2) is 9.67 Å². The van der Waals surface area contributed by atoms with E-state index in [4.69, 9.17) is 14.6 Å². The van der Waals surface area contributed by atoms with Gasteiger partial charge < -0.3 is 14.8 Å². The van der Waals surface area contributed by atoms with Crippen LogP contribution in [0.3, 0.4) is 0 Å². The molecule has 1 unspecified atom stereocenters. The van der Waals surface area contributed by atoms with Crippen molar-refractivity contribution in [2.75, 3.05) is 26.9 Å². The molecule has 1 atom stereocenters. The van der Waals surface area contributed by atoms with Gasteiger partial charge in [-0.05, 0) is 36.8 Å². The molecule has 2 aromatic rings. The molecule has 4 rings (SSSR count). The van der Waals surface area contributed by atoms with Crippen LogP contribution < -0.4 is 5.32 Å². The first-order valence-electron chi connectivity index (χ1n) is 10.4. The molecule has 1 fully saturated rings. The highest BCUT2D eigenvalue weighted by Gasteiger charge is 2.39. The van der Waals surface area contributed by atoms with Gasteiger partial charge in [0.1, 0.15) is 11.8 Å². The molecular weight excluding hydrogens is 384 g/mol. The Kier molecular flexibility index (Phi) is 5.71. The standard InChI is InChI=1S/C22H28N4O4/c1-22(2)11-15-19(16(27)12-22)20(17-5-4-9-30-17)25-26(15)18-7-6-14(13-24-18)21(28)23-8-10-29-3/h6-7,13,17H,4-5,8-12H2,1-3H3,(H,23,28). The summed E-state index contributed by atoms with van der Waals surface area (Å²) in [6.07, 6.45) is 4.46. The zero-order valence-electron chi connectivity index (χ0n) is 17.7. The number of Topliss-reactive ketones (excluding diaryl/α,β-unsaturated/α-hetero) is 1. The summed E-state index contributed by atoms with van der Waals surface area (Å²) in [4.78, 5) is 29.7. The van der Waals surface area contributed by atoms with E-state index in [1.165, 1.54) is 6.20 Å². The fourth-order valence-corrected chi connectivity index (χ4v) is 4.20. The number of methoxy groups -OCH3 is 1. The molecule has 1 amide bonds. The molecule has 0 radical (unpaired) electrons. The molecule has 0 bridgehead atoms. The SMILES string of the molecule is COCCNC(=O)c1ccc(-n2nc(C3CCCO3)c3c2CC(C)(C)CC3=O)nc1. The van der Waals surface area contributed by atoms with Crippen LogP contribution in [0, 0.1) is 5.41 Å². The molecule has 3 heterocycles. The number of ketones is 1. The maximum atomic E-state index is 13.0. The summed E-state index contributed by atoms with van der Waals surface area (Å²) in [6, 6.07) is 3.49. The van der Waals surface area contributed by atoms with Crippen LogP contribution >= 0.6 is 0 Å².